The number of carbonyl (C=O) groups is 1. The van der Waals surface area contributed by atoms with Crippen molar-refractivity contribution in [2.75, 3.05) is 5.75 Å². The first-order valence-corrected chi connectivity index (χ1v) is 5.68. The Morgan fingerprint density at radius 3 is 3.08 bits per heavy atom. The van der Waals surface area contributed by atoms with Gasteiger partial charge in [0.2, 0.25) is 0 Å². The first kappa shape index (κ1) is 10.5. The third-order valence-electron chi connectivity index (χ3n) is 1.31. The minimum Gasteiger partial charge on any atom is -0.481 e. The molecule has 1 N–H and O–H groups in total. The Bertz CT molecular complexity index is 285. The zero-order valence-corrected chi connectivity index (χ0v) is 8.87. The summed E-state index contributed by atoms with van der Waals surface area (Å²) >= 11 is 3.08. The van der Waals surface area contributed by atoms with Crippen molar-refractivity contribution in [2.45, 2.75) is 24.1 Å². The molecule has 13 heavy (non-hydrogen) atoms. The highest BCUT2D eigenvalue weighted by molar-refractivity contribution is 8.00. The summed E-state index contributed by atoms with van der Waals surface area (Å²) in [6.45, 7) is 1.90. The maximum Gasteiger partial charge on any atom is 0.303 e. The van der Waals surface area contributed by atoms with E-state index in [-0.39, 0.29) is 6.42 Å². The number of carboxylic acid groups (broad SMARTS) is 1. The molecule has 0 aromatic carbocycles. The van der Waals surface area contributed by atoms with Gasteiger partial charge in [0.1, 0.15) is 0 Å². The topological polar surface area (TPSA) is 50.2 Å². The van der Waals surface area contributed by atoms with Crippen LogP contribution in [0.5, 0.6) is 0 Å². The Balaban J connectivity index is 2.16. The Morgan fingerprint density at radius 1 is 1.77 bits per heavy atom. The number of hydrogen-bond donors (Lipinski definition) is 1. The fraction of sp³-hybridized carbons (Fsp3) is 0.500. The Labute approximate surface area is 85.2 Å². The SMILES string of the molecule is Cc1[c]sc(SCCCC(=O)O)n1. The second-order valence-electron chi connectivity index (χ2n) is 2.51. The molecule has 0 unspecified atom stereocenters. The summed E-state index contributed by atoms with van der Waals surface area (Å²) in [5.74, 6) is 0.0788. The van der Waals surface area contributed by atoms with Crippen LogP contribution in [0.3, 0.4) is 0 Å². The lowest BCUT2D eigenvalue weighted by atomic mass is 10.3. The molecule has 1 aromatic rings. The Morgan fingerprint density at radius 2 is 2.54 bits per heavy atom. The summed E-state index contributed by atoms with van der Waals surface area (Å²) < 4.78 is 0.975. The summed E-state index contributed by atoms with van der Waals surface area (Å²) in [4.78, 5) is 14.4. The van der Waals surface area contributed by atoms with Crippen LogP contribution in [-0.4, -0.2) is 21.8 Å². The highest BCUT2D eigenvalue weighted by Crippen LogP contribution is 2.22. The third kappa shape index (κ3) is 4.28. The number of thiazole rings is 1. The van der Waals surface area contributed by atoms with Crippen molar-refractivity contribution in [1.82, 2.24) is 4.98 Å². The van der Waals surface area contributed by atoms with Crippen LogP contribution in [0.4, 0.5) is 0 Å². The van der Waals surface area contributed by atoms with Gasteiger partial charge in [-0.1, -0.05) is 11.8 Å². The molecule has 1 rings (SSSR count). The van der Waals surface area contributed by atoms with Crippen LogP contribution < -0.4 is 0 Å². The quantitative estimate of drug-likeness (QED) is 0.605. The van der Waals surface area contributed by atoms with Crippen molar-refractivity contribution >= 4 is 29.1 Å². The molecule has 0 aliphatic rings. The van der Waals surface area contributed by atoms with Gasteiger partial charge >= 0.3 is 5.97 Å². The van der Waals surface area contributed by atoms with Gasteiger partial charge in [0.15, 0.2) is 4.34 Å². The first-order chi connectivity index (χ1) is 6.18. The van der Waals surface area contributed by atoms with Crippen LogP contribution in [0, 0.1) is 12.3 Å². The maximum absolute atomic E-state index is 10.2. The molecule has 0 saturated carbocycles. The second-order valence-corrected chi connectivity index (χ2v) is 4.65. The molecule has 1 heterocycles. The van der Waals surface area contributed by atoms with Crippen LogP contribution in [0.1, 0.15) is 18.5 Å². The Kier molecular flexibility index (Phi) is 4.24. The number of aryl methyl sites for hydroxylation is 1. The van der Waals surface area contributed by atoms with Gasteiger partial charge in [-0.2, -0.15) is 0 Å². The van der Waals surface area contributed by atoms with Crippen LogP contribution in [0.2, 0.25) is 0 Å². The summed E-state index contributed by atoms with van der Waals surface area (Å²) in [6, 6.07) is 0. The lowest BCUT2D eigenvalue weighted by Gasteiger charge is -1.94. The zero-order chi connectivity index (χ0) is 9.68. The van der Waals surface area contributed by atoms with Crippen molar-refractivity contribution in [3.63, 3.8) is 0 Å². The van der Waals surface area contributed by atoms with E-state index in [0.29, 0.717) is 6.42 Å². The molecule has 0 fully saturated rings. The normalized spacial score (nSPS) is 10.2. The van der Waals surface area contributed by atoms with E-state index in [9.17, 15) is 4.79 Å². The van der Waals surface area contributed by atoms with Gasteiger partial charge < -0.3 is 5.11 Å². The van der Waals surface area contributed by atoms with E-state index in [2.05, 4.69) is 10.4 Å². The van der Waals surface area contributed by atoms with Crippen molar-refractivity contribution in [3.8, 4) is 0 Å². The number of rotatable bonds is 5. The standard InChI is InChI=1S/C8H10NO2S2/c1-6-5-13-8(9-6)12-4-2-3-7(10)11/h2-4H2,1H3,(H,10,11). The molecular weight excluding hydrogens is 206 g/mol. The fourth-order valence-corrected chi connectivity index (χ4v) is 2.48. The number of aromatic nitrogens is 1. The van der Waals surface area contributed by atoms with E-state index in [1.165, 1.54) is 11.3 Å². The van der Waals surface area contributed by atoms with Gasteiger partial charge in [-0.3, -0.25) is 4.79 Å². The summed E-state index contributed by atoms with van der Waals surface area (Å²) in [6.07, 6.45) is 0.930. The van der Waals surface area contributed by atoms with Gasteiger partial charge in [-0.05, 0) is 13.3 Å². The molecule has 0 aliphatic heterocycles. The van der Waals surface area contributed by atoms with E-state index in [0.717, 1.165) is 15.8 Å². The molecule has 0 spiro atoms. The minimum atomic E-state index is -0.734. The van der Waals surface area contributed by atoms with E-state index < -0.39 is 5.97 Å². The molecular formula is C8H10NO2S2. The lowest BCUT2D eigenvalue weighted by molar-refractivity contribution is -0.137. The number of carboxylic acids is 1. The predicted octanol–water partition coefficient (Wildman–Crippen LogP) is 2.21. The monoisotopic (exact) mass is 216 g/mol. The zero-order valence-electron chi connectivity index (χ0n) is 7.24. The molecule has 0 amide bonds. The highest BCUT2D eigenvalue weighted by atomic mass is 32.2. The minimum absolute atomic E-state index is 0.237. The third-order valence-corrected chi connectivity index (χ3v) is 3.40. The van der Waals surface area contributed by atoms with Gasteiger partial charge in [0.05, 0.1) is 11.1 Å². The molecule has 1 radical (unpaired) electrons. The van der Waals surface area contributed by atoms with Crippen LogP contribution in [0.25, 0.3) is 0 Å². The van der Waals surface area contributed by atoms with Crippen molar-refractivity contribution in [2.24, 2.45) is 0 Å². The van der Waals surface area contributed by atoms with Gasteiger partial charge in [-0.25, -0.2) is 4.98 Å². The van der Waals surface area contributed by atoms with Gasteiger partial charge in [0, 0.05) is 12.2 Å². The van der Waals surface area contributed by atoms with Crippen molar-refractivity contribution < 1.29 is 9.90 Å². The molecule has 0 bridgehead atoms. The molecule has 1 aromatic heterocycles. The van der Waals surface area contributed by atoms with E-state index in [4.69, 9.17) is 5.11 Å². The summed E-state index contributed by atoms with van der Waals surface area (Å²) in [7, 11) is 0. The van der Waals surface area contributed by atoms with Crippen molar-refractivity contribution in [1.29, 1.82) is 0 Å². The molecule has 0 saturated heterocycles. The van der Waals surface area contributed by atoms with Crippen LogP contribution >= 0.6 is 23.1 Å². The summed E-state index contributed by atoms with van der Waals surface area (Å²) in [5, 5.41) is 11.4. The second kappa shape index (κ2) is 5.24. The average molecular weight is 216 g/mol. The van der Waals surface area contributed by atoms with E-state index >= 15 is 0 Å². The molecule has 71 valence electrons. The Hall–Kier alpha value is -0.550. The average Bonchev–Trinajstić information content (AvgIpc) is 2.45. The molecule has 0 aliphatic carbocycles. The predicted molar refractivity (Wildman–Crippen MR) is 53.3 cm³/mol. The van der Waals surface area contributed by atoms with E-state index in [1.54, 1.807) is 11.8 Å². The number of hydrogen-bond acceptors (Lipinski definition) is 4. The molecule has 5 heteroatoms. The van der Waals surface area contributed by atoms with Crippen LogP contribution in [0.15, 0.2) is 4.34 Å². The number of nitrogens with zero attached hydrogens (tertiary/aromatic N) is 1. The lowest BCUT2D eigenvalue weighted by Crippen LogP contribution is -1.94. The first-order valence-electron chi connectivity index (χ1n) is 3.88. The number of thioether (sulfide) groups is 1. The van der Waals surface area contributed by atoms with Crippen molar-refractivity contribution in [3.05, 3.63) is 11.1 Å². The number of aliphatic carboxylic acids is 1. The smallest absolute Gasteiger partial charge is 0.303 e. The van der Waals surface area contributed by atoms with Gasteiger partial charge in [0.25, 0.3) is 0 Å². The molecule has 3 nitrogen and oxygen atoms in total. The molecule has 0 atom stereocenters. The largest absolute Gasteiger partial charge is 0.481 e. The van der Waals surface area contributed by atoms with Crippen LogP contribution in [-0.2, 0) is 4.79 Å². The highest BCUT2D eigenvalue weighted by Gasteiger charge is 2.01. The van der Waals surface area contributed by atoms with Gasteiger partial charge in [-0.15, -0.1) is 11.3 Å². The maximum atomic E-state index is 10.2. The fourth-order valence-electron chi connectivity index (χ4n) is 0.745. The summed E-state index contributed by atoms with van der Waals surface area (Å²) in [5.41, 5.74) is 0.908. The van der Waals surface area contributed by atoms with E-state index in [1.807, 2.05) is 6.92 Å².